The smallest absolute Gasteiger partial charge is 0.338 e. The van der Waals surface area contributed by atoms with Crippen LogP contribution in [0.3, 0.4) is 0 Å². The second kappa shape index (κ2) is 4.70. The van der Waals surface area contributed by atoms with E-state index >= 15 is 0 Å². The highest BCUT2D eigenvalue weighted by Gasteiger charge is 2.28. The van der Waals surface area contributed by atoms with E-state index in [1.54, 1.807) is 13.8 Å². The second-order valence-corrected chi connectivity index (χ2v) is 2.66. The van der Waals surface area contributed by atoms with Gasteiger partial charge in [0, 0.05) is 13.2 Å². The summed E-state index contributed by atoms with van der Waals surface area (Å²) in [6.07, 6.45) is 1.31. The molecule has 0 fully saturated rings. The highest BCUT2D eigenvalue weighted by atomic mass is 16.6. The first-order valence-electron chi connectivity index (χ1n) is 3.51. The first-order valence-corrected chi connectivity index (χ1v) is 3.51. The minimum atomic E-state index is -0.921. The van der Waals surface area contributed by atoms with Crippen molar-refractivity contribution in [1.29, 1.82) is 5.41 Å². The number of esters is 1. The van der Waals surface area contributed by atoms with Crippen molar-refractivity contribution in [3.8, 4) is 0 Å². The number of hydrogen-bond donors (Lipinski definition) is 1. The van der Waals surface area contributed by atoms with Gasteiger partial charge in [-0.25, -0.2) is 4.79 Å². The summed E-state index contributed by atoms with van der Waals surface area (Å²) in [6.45, 7) is 3.29. The molecule has 0 aromatic heterocycles. The molecule has 1 N–H and O–H groups in total. The van der Waals surface area contributed by atoms with Gasteiger partial charge in [-0.05, 0) is 19.7 Å². The van der Waals surface area contributed by atoms with Gasteiger partial charge in [0.15, 0.2) is 5.60 Å². The Balaban J connectivity index is 3.95. The van der Waals surface area contributed by atoms with Crippen LogP contribution in [0, 0.1) is 5.41 Å². The molecule has 0 heterocycles. The fourth-order valence-electron chi connectivity index (χ4n) is 0.416. The van der Waals surface area contributed by atoms with E-state index in [1.807, 2.05) is 5.87 Å². The third kappa shape index (κ3) is 3.32. The molecule has 0 bridgehead atoms. The highest BCUT2D eigenvalue weighted by Crippen LogP contribution is 2.09. The maximum absolute atomic E-state index is 11.1. The lowest BCUT2D eigenvalue weighted by Crippen LogP contribution is -2.35. The van der Waals surface area contributed by atoms with Crippen LogP contribution in [0.4, 0.5) is 0 Å². The molecular weight excluding hydrogens is 158 g/mol. The summed E-state index contributed by atoms with van der Waals surface area (Å²) < 4.78 is 9.61. The van der Waals surface area contributed by atoms with Gasteiger partial charge in [0.2, 0.25) is 0 Å². The number of methoxy groups -OCH3 is 1. The Labute approximate surface area is 71.7 Å². The quantitative estimate of drug-likeness (QED) is 0.501. The molecule has 0 rings (SSSR count). The highest BCUT2D eigenvalue weighted by molar-refractivity contribution is 5.78. The Hall–Kier alpha value is -1.12. The zero-order chi connectivity index (χ0) is 9.61. The largest absolute Gasteiger partial charge is 0.459 e. The molecule has 68 valence electrons. The standard InChI is InChI=1S/C8H13NO3/c1-8(2,11-3)7(10)12-6-4-5-9/h4,9H,6H2,1-3H3. The summed E-state index contributed by atoms with van der Waals surface area (Å²) in [7, 11) is 1.44. The van der Waals surface area contributed by atoms with Crippen LogP contribution >= 0.6 is 0 Å². The lowest BCUT2D eigenvalue weighted by Gasteiger charge is -2.19. The van der Waals surface area contributed by atoms with Gasteiger partial charge in [-0.1, -0.05) is 0 Å². The Morgan fingerprint density at radius 3 is 2.67 bits per heavy atom. The fraction of sp³-hybridized carbons (Fsp3) is 0.625. The van der Waals surface area contributed by atoms with Gasteiger partial charge in [0.1, 0.15) is 6.61 Å². The number of nitrogens with one attached hydrogen (secondary N) is 1. The van der Waals surface area contributed by atoms with Crippen LogP contribution in [-0.2, 0) is 14.3 Å². The maximum atomic E-state index is 11.1. The van der Waals surface area contributed by atoms with Crippen molar-refractivity contribution >= 4 is 11.8 Å². The zero-order valence-electron chi connectivity index (χ0n) is 7.51. The normalized spacial score (nSPS) is 10.2. The van der Waals surface area contributed by atoms with E-state index in [0.717, 1.165) is 0 Å². The van der Waals surface area contributed by atoms with Gasteiger partial charge in [-0.2, -0.15) is 0 Å². The van der Waals surface area contributed by atoms with Crippen LogP contribution in [0.1, 0.15) is 13.8 Å². The first-order chi connectivity index (χ1) is 5.54. The van der Waals surface area contributed by atoms with Crippen LogP contribution in [-0.4, -0.2) is 31.2 Å². The molecule has 0 aliphatic heterocycles. The Morgan fingerprint density at radius 1 is 1.67 bits per heavy atom. The summed E-state index contributed by atoms with van der Waals surface area (Å²) in [5.74, 6) is 1.55. The van der Waals surface area contributed by atoms with Crippen LogP contribution in [0.2, 0.25) is 0 Å². The number of hydrogen-bond acceptors (Lipinski definition) is 4. The van der Waals surface area contributed by atoms with Crippen molar-refractivity contribution in [3.05, 3.63) is 6.08 Å². The van der Waals surface area contributed by atoms with Gasteiger partial charge in [0.25, 0.3) is 0 Å². The Kier molecular flexibility index (Phi) is 4.26. The van der Waals surface area contributed by atoms with E-state index in [0.29, 0.717) is 0 Å². The van der Waals surface area contributed by atoms with Gasteiger partial charge in [-0.15, -0.1) is 0 Å². The van der Waals surface area contributed by atoms with E-state index in [1.165, 1.54) is 13.2 Å². The molecule has 0 saturated heterocycles. The van der Waals surface area contributed by atoms with Crippen molar-refractivity contribution in [1.82, 2.24) is 0 Å². The fourth-order valence-corrected chi connectivity index (χ4v) is 0.416. The molecule has 0 unspecified atom stereocenters. The molecule has 0 atom stereocenters. The molecule has 0 radical (unpaired) electrons. The molecule has 12 heavy (non-hydrogen) atoms. The van der Waals surface area contributed by atoms with E-state index in [2.05, 4.69) is 0 Å². The van der Waals surface area contributed by atoms with Crippen LogP contribution in [0.5, 0.6) is 0 Å². The summed E-state index contributed by atoms with van der Waals surface area (Å²) in [5.41, 5.74) is -0.921. The number of rotatable bonds is 4. The molecule has 4 heteroatoms. The summed E-state index contributed by atoms with van der Waals surface area (Å²) >= 11 is 0. The van der Waals surface area contributed by atoms with E-state index in [9.17, 15) is 4.79 Å². The third-order valence-electron chi connectivity index (χ3n) is 1.40. The third-order valence-corrected chi connectivity index (χ3v) is 1.40. The number of carbonyl (C=O) groups excluding carboxylic acids is 1. The molecule has 0 aromatic carbocycles. The van der Waals surface area contributed by atoms with Gasteiger partial charge in [0.05, 0.1) is 0 Å². The average molecular weight is 171 g/mol. The van der Waals surface area contributed by atoms with Gasteiger partial charge < -0.3 is 9.47 Å². The summed E-state index contributed by atoms with van der Waals surface area (Å²) in [5, 5.41) is 6.52. The number of carbonyl (C=O) groups is 1. The summed E-state index contributed by atoms with van der Waals surface area (Å²) in [4.78, 5) is 11.1. The van der Waals surface area contributed by atoms with Crippen molar-refractivity contribution < 1.29 is 14.3 Å². The second-order valence-electron chi connectivity index (χ2n) is 2.66. The number of ether oxygens (including phenoxy) is 2. The van der Waals surface area contributed by atoms with Crippen LogP contribution in [0.25, 0.3) is 0 Å². The minimum absolute atomic E-state index is 0.0646. The topological polar surface area (TPSA) is 59.4 Å². The molecular formula is C8H13NO3. The van der Waals surface area contributed by atoms with Gasteiger partial charge >= 0.3 is 5.97 Å². The van der Waals surface area contributed by atoms with Crippen molar-refractivity contribution in [2.45, 2.75) is 19.4 Å². The first kappa shape index (κ1) is 10.9. The molecule has 0 aromatic rings. The van der Waals surface area contributed by atoms with Gasteiger partial charge in [-0.3, -0.25) is 5.41 Å². The van der Waals surface area contributed by atoms with E-state index in [4.69, 9.17) is 14.9 Å². The predicted octanol–water partition coefficient (Wildman–Crippen LogP) is 0.759. The predicted molar refractivity (Wildman–Crippen MR) is 44.3 cm³/mol. The monoisotopic (exact) mass is 171 g/mol. The van der Waals surface area contributed by atoms with Crippen LogP contribution in [0.15, 0.2) is 6.08 Å². The van der Waals surface area contributed by atoms with Crippen LogP contribution < -0.4 is 0 Å². The molecule has 0 aliphatic carbocycles. The maximum Gasteiger partial charge on any atom is 0.338 e. The molecule has 0 spiro atoms. The average Bonchev–Trinajstić information content (AvgIpc) is 2.05. The SMILES string of the molecule is COC(C)(C)C(=O)OCC=C=N. The Morgan fingerprint density at radius 2 is 2.25 bits per heavy atom. The Bertz CT molecular complexity index is 204. The lowest BCUT2D eigenvalue weighted by molar-refractivity contribution is -0.163. The van der Waals surface area contributed by atoms with E-state index in [-0.39, 0.29) is 6.61 Å². The molecule has 0 saturated carbocycles. The molecule has 4 nitrogen and oxygen atoms in total. The van der Waals surface area contributed by atoms with Crippen molar-refractivity contribution in [2.24, 2.45) is 0 Å². The van der Waals surface area contributed by atoms with Crippen molar-refractivity contribution in [3.63, 3.8) is 0 Å². The molecule has 0 amide bonds. The van der Waals surface area contributed by atoms with E-state index < -0.39 is 11.6 Å². The minimum Gasteiger partial charge on any atom is -0.459 e. The molecule has 0 aliphatic rings. The summed E-state index contributed by atoms with van der Waals surface area (Å²) in [6, 6.07) is 0. The van der Waals surface area contributed by atoms with Crippen molar-refractivity contribution in [2.75, 3.05) is 13.7 Å². The zero-order valence-corrected chi connectivity index (χ0v) is 7.51. The lowest BCUT2D eigenvalue weighted by atomic mass is 10.1.